The number of aliphatic hydroxyl groups excluding tert-OH is 5. The Morgan fingerprint density at radius 3 is 2.10 bits per heavy atom. The van der Waals surface area contributed by atoms with E-state index in [0.717, 1.165) is 81.4 Å². The minimum atomic E-state index is -5.74. The molecule has 0 radical (unpaired) electrons. The van der Waals surface area contributed by atoms with Crippen molar-refractivity contribution in [3.8, 4) is 0 Å². The molecule has 1 aromatic rings. The Morgan fingerprint density at radius 2 is 1.43 bits per heavy atom. The second-order valence-electron chi connectivity index (χ2n) is 20.0. The Morgan fingerprint density at radius 1 is 0.810 bits per heavy atom. The van der Waals surface area contributed by atoms with Crippen molar-refractivity contribution in [3.63, 3.8) is 0 Å². The van der Waals surface area contributed by atoms with Gasteiger partial charge in [-0.25, -0.2) is 13.9 Å². The van der Waals surface area contributed by atoms with E-state index in [2.05, 4.69) is 52.7 Å². The number of fused-ring (bicyclic) bond motifs is 3. The average molecular weight is 1160 g/mol. The number of phosphoric ester groups is 2. The molecule has 3 heterocycles. The molecule has 0 aromatic carbocycles. The van der Waals surface area contributed by atoms with Crippen molar-refractivity contribution in [2.24, 2.45) is 5.92 Å². The van der Waals surface area contributed by atoms with Crippen LogP contribution in [0.4, 0.5) is 5.82 Å². The number of phosphoric acid groups is 2. The van der Waals surface area contributed by atoms with E-state index in [9.17, 15) is 58.8 Å². The van der Waals surface area contributed by atoms with Gasteiger partial charge in [0.2, 0.25) is 0 Å². The number of nitrogens with zero attached hydrogens (tertiary/aromatic N) is 2. The standard InChI is InChI=1S/C55H91N3O19P2/c1-3-5-7-8-9-10-11-12-13-14-15-16-17-18-19-20-21-22-23-29-33-50(62)74-43-39-71-49(61)32-28-25-24-27-31-44-45(60)38-51(63)75-46(35-34-42(59)30-26-6-4-2)52(64)53(65)47(41-73-79(69,70)77-78(67,68)72-40-43)76-54(44)58-37-36-48(56)57-55(58)66/h10-11,13-14,16-17,24,27,34-37,42-47,51-54,59-60,63-65H,3-9,12,15,18-23,25-26,28-33,38-41H2,1-2H3,(H,67,68)(H,69,70)(H2,56,57,66)/b11-10-,14-13-,17-16-,27-24?,35-34?/t42-,43+,44-,45-,46+,47+,51?,52-,53+,54+/m0/s1. The first kappa shape index (κ1) is 69.6. The van der Waals surface area contributed by atoms with Gasteiger partial charge in [0.1, 0.15) is 43.1 Å². The SMILES string of the molecule is CCCCCC/C=C\C/C=C\C/C=C\CCCCCCCCC(=O)O[C@@H]1COC(=O)CCCC=CC[C@@H]2[C@H](n3ccc(N)nc3=O)O[C@H](COP(=O)(O)OP(=O)(O)OC1)[C@@H](O)[C@@H](O)[C@@H](C=C[C@@H](O)CCCCC)OC(O)C[C@@H]2O. The minimum absolute atomic E-state index is 0.0223. The fraction of sp³-hybridized carbons (Fsp3) is 0.709. The van der Waals surface area contributed by atoms with Crippen molar-refractivity contribution in [2.75, 3.05) is 25.6 Å². The van der Waals surface area contributed by atoms with Crippen LogP contribution in [0.5, 0.6) is 0 Å². The highest BCUT2D eigenvalue weighted by molar-refractivity contribution is 7.61. The smallest absolute Gasteiger partial charge is 0.462 e. The molecule has 1 aromatic heterocycles. The Bertz CT molecular complexity index is 2190. The van der Waals surface area contributed by atoms with Gasteiger partial charge < -0.3 is 60.0 Å². The van der Waals surface area contributed by atoms with Gasteiger partial charge in [0.25, 0.3) is 0 Å². The zero-order chi connectivity index (χ0) is 57.9. The number of cyclic esters (lactones) is 1. The first-order valence-corrected chi connectivity index (χ1v) is 31.2. The van der Waals surface area contributed by atoms with E-state index in [-0.39, 0.29) is 37.9 Å². The van der Waals surface area contributed by atoms with E-state index in [1.165, 1.54) is 43.9 Å². The van der Waals surface area contributed by atoms with Crippen molar-refractivity contribution in [3.05, 3.63) is 83.5 Å². The van der Waals surface area contributed by atoms with E-state index in [4.69, 9.17) is 33.7 Å². The Labute approximate surface area is 466 Å². The highest BCUT2D eigenvalue weighted by Crippen LogP contribution is 2.60. The maximum Gasteiger partial charge on any atom is 0.481 e. The summed E-state index contributed by atoms with van der Waals surface area (Å²) in [6.45, 7) is 1.40. The number of rotatable bonds is 26. The molecule has 0 aliphatic carbocycles. The number of unbranched alkanes of at least 4 members (excludes halogenated alkanes) is 12. The molecule has 3 rings (SSSR count). The summed E-state index contributed by atoms with van der Waals surface area (Å²) in [6, 6.07) is 1.22. The second kappa shape index (κ2) is 39.7. The second-order valence-corrected chi connectivity index (χ2v) is 23.0. The Hall–Kier alpha value is -3.70. The quantitative estimate of drug-likeness (QED) is 0.0187. The molecule has 24 heteroatoms. The molecule has 1 saturated heterocycles. The molecule has 0 saturated carbocycles. The van der Waals surface area contributed by atoms with Crippen LogP contribution in [0.2, 0.25) is 0 Å². The number of hydrogen-bond donors (Lipinski definition) is 8. The number of allylic oxidation sites excluding steroid dienone is 8. The van der Waals surface area contributed by atoms with Crippen molar-refractivity contribution in [1.82, 2.24) is 9.55 Å². The number of anilines is 1. The molecule has 2 bridgehead atoms. The number of carbonyl (C=O) groups is 2. The number of esters is 2. The van der Waals surface area contributed by atoms with Gasteiger partial charge in [-0.3, -0.25) is 23.2 Å². The van der Waals surface area contributed by atoms with Crippen molar-refractivity contribution >= 4 is 33.4 Å². The molecule has 9 N–H and O–H groups in total. The van der Waals surface area contributed by atoms with Gasteiger partial charge in [-0.1, -0.05) is 139 Å². The Balaban J connectivity index is 1.72. The fourth-order valence-corrected chi connectivity index (χ4v) is 10.8. The van der Waals surface area contributed by atoms with Crippen LogP contribution in [0, 0.1) is 5.92 Å². The third-order valence-electron chi connectivity index (χ3n) is 13.1. The summed E-state index contributed by atoms with van der Waals surface area (Å²) in [5.74, 6) is -2.88. The average Bonchev–Trinajstić information content (AvgIpc) is 3.41. The van der Waals surface area contributed by atoms with Crippen LogP contribution in [0.15, 0.2) is 77.8 Å². The maximum atomic E-state index is 13.4. The monoisotopic (exact) mass is 1160 g/mol. The molecular weight excluding hydrogens is 1070 g/mol. The van der Waals surface area contributed by atoms with E-state index < -0.39 is 121 Å². The van der Waals surface area contributed by atoms with E-state index >= 15 is 0 Å². The topological polar surface area (TPSA) is 335 Å². The third-order valence-corrected chi connectivity index (χ3v) is 15.7. The van der Waals surface area contributed by atoms with Crippen molar-refractivity contribution in [2.45, 2.75) is 223 Å². The zero-order valence-electron chi connectivity index (χ0n) is 46.2. The normalized spacial score (nSPS) is 29.2. The summed E-state index contributed by atoms with van der Waals surface area (Å²) in [4.78, 5) is 64.5. The van der Waals surface area contributed by atoms with Crippen LogP contribution in [0.3, 0.4) is 0 Å². The van der Waals surface area contributed by atoms with E-state index in [1.54, 1.807) is 12.2 Å². The molecule has 12 atom stereocenters. The van der Waals surface area contributed by atoms with Crippen LogP contribution in [0.1, 0.15) is 174 Å². The Kier molecular flexibility index (Phi) is 34.9. The number of nitrogen functional groups attached to an aromatic ring is 1. The lowest BCUT2D eigenvalue weighted by Crippen LogP contribution is -2.49. The predicted octanol–water partition coefficient (Wildman–Crippen LogP) is 8.39. The third kappa shape index (κ3) is 30.3. The summed E-state index contributed by atoms with van der Waals surface area (Å²) in [6.07, 6.45) is 21.1. The van der Waals surface area contributed by atoms with E-state index in [1.807, 2.05) is 6.92 Å². The summed E-state index contributed by atoms with van der Waals surface area (Å²) >= 11 is 0. The van der Waals surface area contributed by atoms with Gasteiger partial charge in [-0.2, -0.15) is 9.29 Å². The van der Waals surface area contributed by atoms with Crippen LogP contribution in [0.25, 0.3) is 0 Å². The first-order valence-electron chi connectivity index (χ1n) is 28.2. The lowest BCUT2D eigenvalue weighted by Gasteiger charge is -2.36. The first-order chi connectivity index (χ1) is 37.8. The van der Waals surface area contributed by atoms with Gasteiger partial charge in [0.05, 0.1) is 25.4 Å². The van der Waals surface area contributed by atoms with Crippen molar-refractivity contribution in [1.29, 1.82) is 0 Å². The van der Waals surface area contributed by atoms with Gasteiger partial charge in [0.15, 0.2) is 12.4 Å². The minimum Gasteiger partial charge on any atom is -0.462 e. The summed E-state index contributed by atoms with van der Waals surface area (Å²) in [5, 5.41) is 56.9. The molecule has 3 unspecified atom stereocenters. The van der Waals surface area contributed by atoms with Crippen LogP contribution < -0.4 is 11.4 Å². The highest BCUT2D eigenvalue weighted by atomic mass is 31.3. The van der Waals surface area contributed by atoms with Gasteiger partial charge in [-0.05, 0) is 76.7 Å². The van der Waals surface area contributed by atoms with Crippen LogP contribution in [-0.4, -0.2) is 126 Å². The molecule has 450 valence electrons. The molecule has 2 aliphatic rings. The molecule has 1 fully saturated rings. The number of hydrogen-bond acceptors (Lipinski definition) is 19. The summed E-state index contributed by atoms with van der Waals surface area (Å²) < 4.78 is 64.9. The van der Waals surface area contributed by atoms with E-state index in [0.29, 0.717) is 19.3 Å². The van der Waals surface area contributed by atoms with Gasteiger partial charge in [-0.15, -0.1) is 0 Å². The predicted molar refractivity (Wildman–Crippen MR) is 297 cm³/mol. The molecular formula is C55H91N3O19P2. The number of ether oxygens (including phenoxy) is 4. The lowest BCUT2D eigenvalue weighted by atomic mass is 9.92. The van der Waals surface area contributed by atoms with Crippen LogP contribution in [-0.2, 0) is 51.0 Å². The number of nitrogens with two attached hydrogens (primary N) is 1. The lowest BCUT2D eigenvalue weighted by molar-refractivity contribution is -0.192. The molecule has 0 amide bonds. The summed E-state index contributed by atoms with van der Waals surface area (Å²) in [7, 11) is -11.4. The van der Waals surface area contributed by atoms with Crippen LogP contribution >= 0.6 is 15.6 Å². The highest BCUT2D eigenvalue weighted by Gasteiger charge is 2.44. The molecule has 0 spiro atoms. The molecule has 2 aliphatic heterocycles. The molecule has 79 heavy (non-hydrogen) atoms. The zero-order valence-corrected chi connectivity index (χ0v) is 48.0. The largest absolute Gasteiger partial charge is 0.481 e. The number of carbonyl (C=O) groups excluding carboxylic acids is 2. The molecule has 22 nitrogen and oxygen atoms in total. The maximum absolute atomic E-state index is 13.4. The fourth-order valence-electron chi connectivity index (χ4n) is 8.65. The number of aromatic nitrogens is 2. The summed E-state index contributed by atoms with van der Waals surface area (Å²) in [5.41, 5.74) is 4.76. The van der Waals surface area contributed by atoms with Gasteiger partial charge in [0, 0.05) is 31.4 Å². The van der Waals surface area contributed by atoms with Gasteiger partial charge >= 0.3 is 33.3 Å². The number of aliphatic hydroxyl groups is 5. The van der Waals surface area contributed by atoms with Crippen molar-refractivity contribution < 1.29 is 86.3 Å².